The van der Waals surface area contributed by atoms with Crippen LogP contribution in [0.3, 0.4) is 0 Å². The van der Waals surface area contributed by atoms with Crippen molar-refractivity contribution in [2.75, 3.05) is 18.6 Å². The third-order valence-electron chi connectivity index (χ3n) is 5.68. The van der Waals surface area contributed by atoms with Crippen LogP contribution in [0.1, 0.15) is 12.5 Å². The van der Waals surface area contributed by atoms with Crippen molar-refractivity contribution in [2.24, 2.45) is 0 Å². The zero-order chi connectivity index (χ0) is 26.3. The van der Waals surface area contributed by atoms with Crippen LogP contribution in [0.4, 0.5) is 14.5 Å². The average molecular weight is 508 g/mol. The number of nitrogens with one attached hydrogen (secondary N) is 1. The number of nitriles is 1. The number of carbonyl (C=O) groups excluding carboxylic acids is 1. The van der Waals surface area contributed by atoms with E-state index in [0.717, 1.165) is 4.68 Å². The SMILES string of the molecule is CCN(C(=O)Cn1nc(-c2cc(C#N)cc(OC)c2)c2nc[nH]c2c1=O)c1ccc2c(c1)OC(F)(F)O2. The van der Waals surface area contributed by atoms with E-state index >= 15 is 0 Å². The zero-order valence-electron chi connectivity index (χ0n) is 19.5. The molecule has 2 aromatic heterocycles. The van der Waals surface area contributed by atoms with Crippen LogP contribution in [-0.4, -0.2) is 45.6 Å². The Hall–Kier alpha value is -4.99. The molecule has 3 heterocycles. The smallest absolute Gasteiger partial charge is 0.497 e. The maximum atomic E-state index is 13.4. The first-order chi connectivity index (χ1) is 17.7. The fourth-order valence-electron chi connectivity index (χ4n) is 4.02. The molecule has 5 rings (SSSR count). The molecule has 0 atom stereocenters. The summed E-state index contributed by atoms with van der Waals surface area (Å²) in [6.45, 7) is 1.40. The van der Waals surface area contributed by atoms with Crippen molar-refractivity contribution in [3.63, 3.8) is 0 Å². The topological polar surface area (TPSA) is 135 Å². The molecule has 0 aliphatic carbocycles. The summed E-state index contributed by atoms with van der Waals surface area (Å²) in [5.74, 6) is -0.495. The number of halogens is 2. The largest absolute Gasteiger partial charge is 0.586 e. The van der Waals surface area contributed by atoms with Gasteiger partial charge in [0.15, 0.2) is 11.5 Å². The number of fused-ring (bicyclic) bond motifs is 2. The van der Waals surface area contributed by atoms with Gasteiger partial charge in [-0.15, -0.1) is 8.78 Å². The van der Waals surface area contributed by atoms with Crippen molar-refractivity contribution in [1.82, 2.24) is 19.7 Å². The van der Waals surface area contributed by atoms with Gasteiger partial charge in [0.25, 0.3) is 5.56 Å². The van der Waals surface area contributed by atoms with Crippen molar-refractivity contribution in [3.8, 4) is 34.6 Å². The fourth-order valence-corrected chi connectivity index (χ4v) is 4.02. The Morgan fingerprint density at radius 1 is 1.24 bits per heavy atom. The lowest BCUT2D eigenvalue weighted by atomic mass is 10.1. The third kappa shape index (κ3) is 4.29. The molecule has 0 spiro atoms. The first-order valence-corrected chi connectivity index (χ1v) is 11.0. The van der Waals surface area contributed by atoms with E-state index in [1.807, 2.05) is 6.07 Å². The van der Waals surface area contributed by atoms with Crippen LogP contribution in [-0.2, 0) is 11.3 Å². The van der Waals surface area contributed by atoms with Crippen LogP contribution >= 0.6 is 0 Å². The molecular weight excluding hydrogens is 490 g/mol. The summed E-state index contributed by atoms with van der Waals surface area (Å²) in [6, 6.07) is 10.8. The number of anilines is 1. The summed E-state index contributed by atoms with van der Waals surface area (Å²) >= 11 is 0. The lowest BCUT2D eigenvalue weighted by Crippen LogP contribution is -2.37. The van der Waals surface area contributed by atoms with Crippen molar-refractivity contribution in [3.05, 3.63) is 58.6 Å². The molecule has 37 heavy (non-hydrogen) atoms. The minimum Gasteiger partial charge on any atom is -0.497 e. The minimum atomic E-state index is -3.79. The van der Waals surface area contributed by atoms with E-state index in [1.165, 1.54) is 36.5 Å². The molecule has 0 fully saturated rings. The Morgan fingerprint density at radius 2 is 2.03 bits per heavy atom. The number of nitrogens with zero attached hydrogens (tertiary/aromatic N) is 5. The van der Waals surface area contributed by atoms with Crippen LogP contribution in [0, 0.1) is 11.3 Å². The number of likely N-dealkylation sites (N-methyl/N-ethyl adjacent to an activating group) is 1. The number of H-pyrrole nitrogens is 1. The number of methoxy groups -OCH3 is 1. The predicted octanol–water partition coefficient (Wildman–Crippen LogP) is 3.04. The monoisotopic (exact) mass is 508 g/mol. The van der Waals surface area contributed by atoms with E-state index in [0.29, 0.717) is 16.9 Å². The number of benzene rings is 2. The summed E-state index contributed by atoms with van der Waals surface area (Å²) in [5, 5.41) is 13.8. The zero-order valence-corrected chi connectivity index (χ0v) is 19.5. The highest BCUT2D eigenvalue weighted by atomic mass is 19.3. The second kappa shape index (κ2) is 8.90. The van der Waals surface area contributed by atoms with Gasteiger partial charge in [0.2, 0.25) is 5.91 Å². The summed E-state index contributed by atoms with van der Waals surface area (Å²) < 4.78 is 42.0. The number of alkyl halides is 2. The molecule has 0 saturated carbocycles. The van der Waals surface area contributed by atoms with Gasteiger partial charge in [-0.1, -0.05) is 0 Å². The van der Waals surface area contributed by atoms with E-state index in [4.69, 9.17) is 4.74 Å². The predicted molar refractivity (Wildman–Crippen MR) is 126 cm³/mol. The number of rotatable bonds is 6. The average Bonchev–Trinajstić information content (AvgIpc) is 3.49. The number of ether oxygens (including phenoxy) is 3. The van der Waals surface area contributed by atoms with Gasteiger partial charge in [0, 0.05) is 23.9 Å². The third-order valence-corrected chi connectivity index (χ3v) is 5.68. The van der Waals surface area contributed by atoms with Gasteiger partial charge in [-0.25, -0.2) is 9.67 Å². The Bertz CT molecular complexity index is 1640. The van der Waals surface area contributed by atoms with Gasteiger partial charge in [0.1, 0.15) is 29.0 Å². The number of aromatic nitrogens is 4. The Kier molecular flexibility index (Phi) is 5.71. The maximum absolute atomic E-state index is 13.4. The van der Waals surface area contributed by atoms with Crippen molar-refractivity contribution in [1.29, 1.82) is 5.26 Å². The summed E-state index contributed by atoms with van der Waals surface area (Å²) in [7, 11) is 1.45. The second-order valence-corrected chi connectivity index (χ2v) is 7.94. The molecular formula is C24H18F2N6O5. The van der Waals surface area contributed by atoms with Crippen LogP contribution < -0.4 is 24.7 Å². The molecule has 1 aliphatic heterocycles. The molecule has 0 bridgehead atoms. The number of hydrogen-bond acceptors (Lipinski definition) is 8. The van der Waals surface area contributed by atoms with Gasteiger partial charge < -0.3 is 24.1 Å². The maximum Gasteiger partial charge on any atom is 0.586 e. The number of carbonyl (C=O) groups is 1. The first-order valence-electron chi connectivity index (χ1n) is 11.0. The van der Waals surface area contributed by atoms with Crippen LogP contribution in [0.25, 0.3) is 22.3 Å². The molecule has 0 unspecified atom stereocenters. The van der Waals surface area contributed by atoms with Gasteiger partial charge in [-0.2, -0.15) is 10.4 Å². The van der Waals surface area contributed by atoms with Crippen LogP contribution in [0.15, 0.2) is 47.5 Å². The van der Waals surface area contributed by atoms with E-state index in [2.05, 4.69) is 24.5 Å². The lowest BCUT2D eigenvalue weighted by Gasteiger charge is -2.21. The molecule has 1 aliphatic rings. The lowest BCUT2D eigenvalue weighted by molar-refractivity contribution is -0.286. The quantitative estimate of drug-likeness (QED) is 0.420. The highest BCUT2D eigenvalue weighted by Crippen LogP contribution is 2.42. The molecule has 13 heteroatoms. The molecule has 2 aromatic carbocycles. The van der Waals surface area contributed by atoms with Crippen LogP contribution in [0.5, 0.6) is 17.2 Å². The van der Waals surface area contributed by atoms with Crippen molar-refractivity contribution in [2.45, 2.75) is 19.8 Å². The van der Waals surface area contributed by atoms with Gasteiger partial charge in [-0.3, -0.25) is 9.59 Å². The second-order valence-electron chi connectivity index (χ2n) is 7.94. The molecule has 1 amide bonds. The molecule has 4 aromatic rings. The molecule has 11 nitrogen and oxygen atoms in total. The molecule has 188 valence electrons. The molecule has 0 saturated heterocycles. The number of imidazole rings is 1. The Labute approximate surface area is 207 Å². The number of hydrogen-bond donors (Lipinski definition) is 1. The van der Waals surface area contributed by atoms with Gasteiger partial charge in [-0.05, 0) is 37.3 Å². The molecule has 0 radical (unpaired) electrons. The number of aromatic amines is 1. The van der Waals surface area contributed by atoms with E-state index in [9.17, 15) is 23.6 Å². The Balaban J connectivity index is 1.53. The van der Waals surface area contributed by atoms with E-state index < -0.39 is 24.3 Å². The Morgan fingerprint density at radius 3 is 2.76 bits per heavy atom. The normalized spacial score (nSPS) is 13.4. The summed E-state index contributed by atoms with van der Waals surface area (Å²) in [4.78, 5) is 34.6. The summed E-state index contributed by atoms with van der Waals surface area (Å²) in [6.07, 6.45) is -2.46. The van der Waals surface area contributed by atoms with Crippen LogP contribution in [0.2, 0.25) is 0 Å². The summed E-state index contributed by atoms with van der Waals surface area (Å²) in [5.41, 5.74) is 1.08. The molecule has 1 N–H and O–H groups in total. The fraction of sp³-hybridized carbons (Fsp3) is 0.208. The highest BCUT2D eigenvalue weighted by Gasteiger charge is 2.43. The first kappa shape index (κ1) is 23.7. The number of amides is 1. The van der Waals surface area contributed by atoms with Gasteiger partial charge >= 0.3 is 6.29 Å². The van der Waals surface area contributed by atoms with Crippen molar-refractivity contribution < 1.29 is 27.8 Å². The minimum absolute atomic E-state index is 0.118. The highest BCUT2D eigenvalue weighted by molar-refractivity contribution is 5.94. The van der Waals surface area contributed by atoms with Gasteiger partial charge in [0.05, 0.1) is 25.1 Å². The van der Waals surface area contributed by atoms with Crippen molar-refractivity contribution >= 4 is 22.6 Å². The standard InChI is InChI=1S/C24H18F2N6O5/c1-3-31(15-4-5-17-18(9-15)37-24(25,26)36-17)19(33)11-32-23(34)22-21(28-12-29-22)20(30-32)14-6-13(10-27)7-16(8-14)35-2/h4-9,12H,3,11H2,1-2H3,(H,28,29). The van der Waals surface area contributed by atoms with E-state index in [1.54, 1.807) is 25.1 Å². The van der Waals surface area contributed by atoms with E-state index in [-0.39, 0.29) is 40.5 Å².